The number of phenolic OH excluding ortho intramolecular Hbond substituents is 1. The van der Waals surface area contributed by atoms with Crippen molar-refractivity contribution in [3.8, 4) is 5.75 Å². The lowest BCUT2D eigenvalue weighted by atomic mass is 9.87. The van der Waals surface area contributed by atoms with Gasteiger partial charge in [0, 0.05) is 4.90 Å². The molecule has 0 amide bonds. The van der Waals surface area contributed by atoms with Crippen LogP contribution in [0.25, 0.3) is 0 Å². The third-order valence-corrected chi connectivity index (χ3v) is 4.99. The third-order valence-electron chi connectivity index (χ3n) is 4.27. The molecule has 1 fully saturated rings. The molecule has 0 atom stereocenters. The van der Waals surface area contributed by atoms with E-state index in [9.17, 15) is 18.3 Å². The second-order valence-electron chi connectivity index (χ2n) is 6.02. The van der Waals surface area contributed by atoms with Gasteiger partial charge in [-0.1, -0.05) is 6.42 Å². The molecule has 0 bridgehead atoms. The van der Waals surface area contributed by atoms with Crippen LogP contribution in [-0.2, 0) is 0 Å². The number of benzene rings is 1. The molecule has 1 saturated carbocycles. The molecule has 6 nitrogen and oxygen atoms in total. The van der Waals surface area contributed by atoms with Crippen LogP contribution < -0.4 is 16.4 Å². The van der Waals surface area contributed by atoms with Crippen LogP contribution in [0.4, 0.5) is 18.9 Å². The molecule has 0 unspecified atom stereocenters. The summed E-state index contributed by atoms with van der Waals surface area (Å²) in [5.41, 5.74) is 6.68. The minimum absolute atomic E-state index is 0.0128. The number of rotatable bonds is 2. The van der Waals surface area contributed by atoms with E-state index in [2.05, 4.69) is 9.98 Å². The van der Waals surface area contributed by atoms with E-state index >= 15 is 0 Å². The topological polar surface area (TPSA) is 100 Å². The number of aliphatic imine (C=N–C) groups is 2. The number of aromatic hydroxyl groups is 1. The number of hydrogen-bond donors (Lipinski definition) is 3. The minimum Gasteiger partial charge on any atom is -0.506 e. The Morgan fingerprint density at radius 2 is 1.84 bits per heavy atom. The summed E-state index contributed by atoms with van der Waals surface area (Å²) in [5, 5.41) is 10.3. The first-order valence-electron chi connectivity index (χ1n) is 7.79. The highest BCUT2D eigenvalue weighted by molar-refractivity contribution is 8.00. The molecule has 1 spiro atoms. The Morgan fingerprint density at radius 1 is 1.16 bits per heavy atom. The number of phenols is 1. The van der Waals surface area contributed by atoms with E-state index in [4.69, 9.17) is 11.5 Å². The fourth-order valence-corrected chi connectivity index (χ4v) is 3.92. The van der Waals surface area contributed by atoms with Gasteiger partial charge in [0.2, 0.25) is 11.9 Å². The smallest absolute Gasteiger partial charge is 0.446 e. The summed E-state index contributed by atoms with van der Waals surface area (Å²) in [6.07, 6.45) is 4.02. The number of thioether (sulfide) groups is 1. The molecule has 0 saturated heterocycles. The van der Waals surface area contributed by atoms with Crippen molar-refractivity contribution in [2.75, 3.05) is 4.90 Å². The molecule has 1 aliphatic heterocycles. The van der Waals surface area contributed by atoms with E-state index in [1.165, 1.54) is 23.1 Å². The molecule has 0 radical (unpaired) electrons. The van der Waals surface area contributed by atoms with Crippen molar-refractivity contribution in [2.45, 2.75) is 48.2 Å². The standard InChI is InChI=1S/C15H18F3N5OS/c16-15(17,18)25-9-4-5-11(24)10(8-9)23-13(20)21-12(19)22-14(23)6-2-1-3-7-14/h4-5,8,24H,1-3,6-7H2,(H4,19,20,21,22). The maximum Gasteiger partial charge on any atom is 0.446 e. The van der Waals surface area contributed by atoms with Crippen molar-refractivity contribution in [1.29, 1.82) is 0 Å². The summed E-state index contributed by atoms with van der Waals surface area (Å²) in [6, 6.07) is 3.68. The number of halogens is 3. The second kappa shape index (κ2) is 6.32. The van der Waals surface area contributed by atoms with Crippen molar-refractivity contribution in [2.24, 2.45) is 21.5 Å². The average molecular weight is 373 g/mol. The Morgan fingerprint density at radius 3 is 2.48 bits per heavy atom. The maximum atomic E-state index is 12.7. The predicted octanol–water partition coefficient (Wildman–Crippen LogP) is 3.11. The summed E-state index contributed by atoms with van der Waals surface area (Å²) in [5.74, 6) is -0.139. The van der Waals surface area contributed by atoms with Crippen molar-refractivity contribution in [3.63, 3.8) is 0 Å². The van der Waals surface area contributed by atoms with Crippen LogP contribution in [0, 0.1) is 0 Å². The van der Waals surface area contributed by atoms with Crippen molar-refractivity contribution < 1.29 is 18.3 Å². The molecule has 5 N–H and O–H groups in total. The van der Waals surface area contributed by atoms with E-state index in [1.807, 2.05) is 0 Å². The molecule has 2 aliphatic rings. The van der Waals surface area contributed by atoms with Gasteiger partial charge >= 0.3 is 5.51 Å². The zero-order chi connectivity index (χ0) is 18.2. The van der Waals surface area contributed by atoms with Crippen LogP contribution >= 0.6 is 11.8 Å². The largest absolute Gasteiger partial charge is 0.506 e. The summed E-state index contributed by atoms with van der Waals surface area (Å²) in [4.78, 5) is 9.84. The zero-order valence-corrected chi connectivity index (χ0v) is 14.1. The normalized spacial score (nSPS) is 20.4. The van der Waals surface area contributed by atoms with E-state index in [1.54, 1.807) is 0 Å². The number of guanidine groups is 2. The summed E-state index contributed by atoms with van der Waals surface area (Å²) in [7, 11) is 0. The number of nitrogens with zero attached hydrogens (tertiary/aromatic N) is 3. The van der Waals surface area contributed by atoms with Crippen LogP contribution in [0.15, 0.2) is 33.1 Å². The number of alkyl halides is 3. The quantitative estimate of drug-likeness (QED) is 0.692. The van der Waals surface area contributed by atoms with Gasteiger partial charge in [0.1, 0.15) is 11.4 Å². The van der Waals surface area contributed by atoms with Gasteiger partial charge in [0.05, 0.1) is 5.69 Å². The van der Waals surface area contributed by atoms with E-state index in [-0.39, 0.29) is 40.0 Å². The summed E-state index contributed by atoms with van der Waals surface area (Å²) >= 11 is -0.255. The molecule has 136 valence electrons. The van der Waals surface area contributed by atoms with E-state index in [0.29, 0.717) is 12.8 Å². The Bertz CT molecular complexity index is 728. The predicted molar refractivity (Wildman–Crippen MR) is 91.6 cm³/mol. The number of nitrogens with two attached hydrogens (primary N) is 2. The Kier molecular flexibility index (Phi) is 4.48. The SMILES string of the molecule is NC1=NC2(CCCCC2)N(c2cc(SC(F)(F)F)ccc2O)C(N)=N1. The Hall–Kier alpha value is -2.10. The first-order valence-corrected chi connectivity index (χ1v) is 8.60. The maximum absolute atomic E-state index is 12.7. The van der Waals surface area contributed by atoms with Crippen LogP contribution in [0.3, 0.4) is 0 Å². The van der Waals surface area contributed by atoms with E-state index in [0.717, 1.165) is 19.3 Å². The molecule has 1 heterocycles. The summed E-state index contributed by atoms with van der Waals surface area (Å²) < 4.78 is 38.1. The highest BCUT2D eigenvalue weighted by Crippen LogP contribution is 2.45. The van der Waals surface area contributed by atoms with Crippen LogP contribution in [0.5, 0.6) is 5.75 Å². The van der Waals surface area contributed by atoms with Crippen molar-refractivity contribution in [1.82, 2.24) is 0 Å². The van der Waals surface area contributed by atoms with Gasteiger partial charge in [0.25, 0.3) is 0 Å². The van der Waals surface area contributed by atoms with E-state index < -0.39 is 11.2 Å². The third kappa shape index (κ3) is 3.63. The van der Waals surface area contributed by atoms with Crippen LogP contribution in [0.1, 0.15) is 32.1 Å². The van der Waals surface area contributed by atoms with Gasteiger partial charge in [-0.15, -0.1) is 0 Å². The lowest BCUT2D eigenvalue weighted by molar-refractivity contribution is -0.0328. The van der Waals surface area contributed by atoms with Gasteiger partial charge in [-0.05, 0) is 55.6 Å². The molecule has 1 aliphatic carbocycles. The lowest BCUT2D eigenvalue weighted by Crippen LogP contribution is -2.58. The Balaban J connectivity index is 2.06. The number of hydrogen-bond acceptors (Lipinski definition) is 7. The molecule has 1 aromatic rings. The van der Waals surface area contributed by atoms with Gasteiger partial charge in [-0.2, -0.15) is 18.2 Å². The zero-order valence-electron chi connectivity index (χ0n) is 13.3. The molecule has 0 aromatic heterocycles. The van der Waals surface area contributed by atoms with Crippen LogP contribution in [-0.4, -0.2) is 28.2 Å². The van der Waals surface area contributed by atoms with Gasteiger partial charge in [-0.25, -0.2) is 4.99 Å². The molecular weight excluding hydrogens is 355 g/mol. The molecule has 10 heteroatoms. The number of anilines is 1. The van der Waals surface area contributed by atoms with Crippen LogP contribution in [0.2, 0.25) is 0 Å². The highest BCUT2D eigenvalue weighted by atomic mass is 32.2. The van der Waals surface area contributed by atoms with Gasteiger partial charge in [-0.3, -0.25) is 4.90 Å². The molecular formula is C15H18F3N5OS. The van der Waals surface area contributed by atoms with Crippen molar-refractivity contribution in [3.05, 3.63) is 18.2 Å². The summed E-state index contributed by atoms with van der Waals surface area (Å²) in [6.45, 7) is 0. The molecule has 3 rings (SSSR count). The molecule has 25 heavy (non-hydrogen) atoms. The van der Waals surface area contributed by atoms with Gasteiger partial charge < -0.3 is 16.6 Å². The highest BCUT2D eigenvalue weighted by Gasteiger charge is 2.43. The van der Waals surface area contributed by atoms with Gasteiger partial charge in [0.15, 0.2) is 0 Å². The lowest BCUT2D eigenvalue weighted by Gasteiger charge is -2.45. The average Bonchev–Trinajstić information content (AvgIpc) is 2.49. The first-order chi connectivity index (χ1) is 11.7. The Labute approximate surface area is 146 Å². The minimum atomic E-state index is -4.43. The van der Waals surface area contributed by atoms with Crippen molar-refractivity contribution >= 4 is 29.4 Å². The fourth-order valence-electron chi connectivity index (χ4n) is 3.35. The monoisotopic (exact) mass is 373 g/mol. The fraction of sp³-hybridized carbons (Fsp3) is 0.467. The second-order valence-corrected chi connectivity index (χ2v) is 7.16. The molecule has 1 aromatic carbocycles. The first kappa shape index (κ1) is 17.7.